The molecule has 2 atom stereocenters. The quantitative estimate of drug-likeness (QED) is 0.842. The van der Waals surface area contributed by atoms with E-state index in [1.165, 1.54) is 23.3 Å². The molecule has 0 radical (unpaired) electrons. The van der Waals surface area contributed by atoms with Gasteiger partial charge in [0.15, 0.2) is 0 Å². The summed E-state index contributed by atoms with van der Waals surface area (Å²) in [7, 11) is 1.29. The lowest BCUT2D eigenvalue weighted by Gasteiger charge is -2.22. The van der Waals surface area contributed by atoms with Crippen molar-refractivity contribution in [1.82, 2.24) is 4.90 Å². The predicted molar refractivity (Wildman–Crippen MR) is 71.2 cm³/mol. The van der Waals surface area contributed by atoms with Crippen molar-refractivity contribution in [3.63, 3.8) is 0 Å². The number of carbonyl (C=O) groups is 2. The first-order chi connectivity index (χ1) is 9.08. The molecule has 2 heterocycles. The Morgan fingerprint density at radius 3 is 2.95 bits per heavy atom. The number of carbonyl (C=O) groups excluding carboxylic acids is 2. The summed E-state index contributed by atoms with van der Waals surface area (Å²) < 4.78 is 4.70. The zero-order valence-electron chi connectivity index (χ0n) is 11.0. The van der Waals surface area contributed by atoms with E-state index in [2.05, 4.69) is 0 Å². The Hall–Kier alpha value is -1.40. The number of hydrogen-bond donors (Lipinski definition) is 1. The molecule has 6 heteroatoms. The first-order valence-corrected chi connectivity index (χ1v) is 7.09. The minimum Gasteiger partial charge on any atom is -0.467 e. The number of thiophene rings is 1. The van der Waals surface area contributed by atoms with E-state index < -0.39 is 18.1 Å². The van der Waals surface area contributed by atoms with Crippen LogP contribution in [0.4, 0.5) is 0 Å². The highest BCUT2D eigenvalue weighted by Gasteiger charge is 2.40. The van der Waals surface area contributed by atoms with Crippen LogP contribution in [-0.4, -0.2) is 47.7 Å². The maximum atomic E-state index is 12.5. The van der Waals surface area contributed by atoms with Crippen LogP contribution in [-0.2, 0) is 16.0 Å². The Morgan fingerprint density at radius 2 is 2.32 bits per heavy atom. The number of hydrogen-bond acceptors (Lipinski definition) is 5. The van der Waals surface area contributed by atoms with Crippen molar-refractivity contribution in [3.8, 4) is 0 Å². The van der Waals surface area contributed by atoms with Gasteiger partial charge in [-0.2, -0.15) is 0 Å². The van der Waals surface area contributed by atoms with E-state index >= 15 is 0 Å². The Balaban J connectivity index is 2.24. The molecule has 1 aliphatic rings. The first-order valence-electron chi connectivity index (χ1n) is 6.21. The molecule has 1 amide bonds. The van der Waals surface area contributed by atoms with Crippen LogP contribution in [0.15, 0.2) is 11.4 Å². The molecule has 0 aromatic carbocycles. The zero-order chi connectivity index (χ0) is 14.0. The number of β-amino-alcohol motifs (C(OH)–C–C–N with tert-alkyl or cyclic N) is 1. The molecule has 0 saturated carbocycles. The fraction of sp³-hybridized carbons (Fsp3) is 0.538. The zero-order valence-corrected chi connectivity index (χ0v) is 11.8. The van der Waals surface area contributed by atoms with Crippen molar-refractivity contribution in [2.24, 2.45) is 0 Å². The van der Waals surface area contributed by atoms with Gasteiger partial charge in [-0.05, 0) is 23.4 Å². The number of ether oxygens (including phenoxy) is 1. The van der Waals surface area contributed by atoms with Gasteiger partial charge in [0.1, 0.15) is 6.04 Å². The van der Waals surface area contributed by atoms with Gasteiger partial charge in [0.05, 0.1) is 18.1 Å². The highest BCUT2D eigenvalue weighted by molar-refractivity contribution is 7.12. The summed E-state index contributed by atoms with van der Waals surface area (Å²) >= 11 is 1.37. The van der Waals surface area contributed by atoms with Gasteiger partial charge in [0, 0.05) is 13.0 Å². The van der Waals surface area contributed by atoms with Gasteiger partial charge in [0.25, 0.3) is 5.91 Å². The molecule has 1 aromatic rings. The normalized spacial score (nSPS) is 22.6. The molecule has 0 aliphatic carbocycles. The second kappa shape index (κ2) is 5.71. The fourth-order valence-electron chi connectivity index (χ4n) is 2.33. The number of nitrogens with zero attached hydrogens (tertiary/aromatic N) is 1. The maximum absolute atomic E-state index is 12.5. The minimum absolute atomic E-state index is 0.180. The van der Waals surface area contributed by atoms with E-state index in [-0.39, 0.29) is 18.9 Å². The highest BCUT2D eigenvalue weighted by Crippen LogP contribution is 2.26. The molecule has 5 nitrogen and oxygen atoms in total. The van der Waals surface area contributed by atoms with Crippen molar-refractivity contribution < 1.29 is 19.4 Å². The van der Waals surface area contributed by atoms with Gasteiger partial charge in [-0.1, -0.05) is 6.92 Å². The molecule has 0 spiro atoms. The topological polar surface area (TPSA) is 66.8 Å². The minimum atomic E-state index is -0.681. The molecule has 19 heavy (non-hydrogen) atoms. The first kappa shape index (κ1) is 14.0. The monoisotopic (exact) mass is 283 g/mol. The fourth-order valence-corrected chi connectivity index (χ4v) is 3.28. The van der Waals surface area contributed by atoms with Crippen molar-refractivity contribution in [3.05, 3.63) is 21.9 Å². The summed E-state index contributed by atoms with van der Waals surface area (Å²) in [5, 5.41) is 11.6. The second-order valence-corrected chi connectivity index (χ2v) is 5.43. The van der Waals surface area contributed by atoms with Crippen molar-refractivity contribution in [1.29, 1.82) is 0 Å². The number of aryl methyl sites for hydroxylation is 1. The molecule has 2 rings (SSSR count). The number of aliphatic hydroxyl groups excluding tert-OH is 1. The van der Waals surface area contributed by atoms with E-state index in [1.54, 1.807) is 0 Å². The van der Waals surface area contributed by atoms with Gasteiger partial charge < -0.3 is 14.7 Å². The molecular formula is C13H17NO4S. The smallest absolute Gasteiger partial charge is 0.328 e. The van der Waals surface area contributed by atoms with Gasteiger partial charge in [-0.15, -0.1) is 11.3 Å². The summed E-state index contributed by atoms with van der Waals surface area (Å²) in [5.74, 6) is -0.668. The Labute approximate surface area is 115 Å². The number of aliphatic hydroxyl groups is 1. The van der Waals surface area contributed by atoms with Crippen LogP contribution in [0, 0.1) is 0 Å². The van der Waals surface area contributed by atoms with Crippen LogP contribution in [0.25, 0.3) is 0 Å². The van der Waals surface area contributed by atoms with Gasteiger partial charge >= 0.3 is 5.97 Å². The number of methoxy groups -OCH3 is 1. The van der Waals surface area contributed by atoms with Crippen LogP contribution in [0.1, 0.15) is 28.6 Å². The summed E-state index contributed by atoms with van der Waals surface area (Å²) in [6.45, 7) is 2.16. The Kier molecular flexibility index (Phi) is 4.21. The van der Waals surface area contributed by atoms with Gasteiger partial charge in [0.2, 0.25) is 0 Å². The lowest BCUT2D eigenvalue weighted by molar-refractivity contribution is -0.145. The average molecular weight is 283 g/mol. The highest BCUT2D eigenvalue weighted by atomic mass is 32.1. The van der Waals surface area contributed by atoms with E-state index in [0.717, 1.165) is 12.0 Å². The molecular weight excluding hydrogens is 266 g/mol. The van der Waals surface area contributed by atoms with Crippen LogP contribution in [0.3, 0.4) is 0 Å². The SMILES string of the molecule is CCc1ccsc1C(=O)N1CC(O)CC1C(=O)OC. The van der Waals surface area contributed by atoms with E-state index in [9.17, 15) is 14.7 Å². The third kappa shape index (κ3) is 2.64. The molecule has 1 aromatic heterocycles. The summed E-state index contributed by atoms with van der Waals surface area (Å²) in [4.78, 5) is 26.2. The Morgan fingerprint density at radius 1 is 1.58 bits per heavy atom. The van der Waals surface area contributed by atoms with Crippen molar-refractivity contribution in [2.75, 3.05) is 13.7 Å². The summed E-state index contributed by atoms with van der Waals surface area (Å²) in [5.41, 5.74) is 0.972. The molecule has 0 bridgehead atoms. The van der Waals surface area contributed by atoms with Crippen LogP contribution < -0.4 is 0 Å². The number of amides is 1. The molecule has 104 valence electrons. The van der Waals surface area contributed by atoms with Crippen molar-refractivity contribution in [2.45, 2.75) is 31.9 Å². The summed E-state index contributed by atoms with van der Waals surface area (Å²) in [6, 6.07) is 1.23. The summed E-state index contributed by atoms with van der Waals surface area (Å²) in [6.07, 6.45) is 0.341. The van der Waals surface area contributed by atoms with E-state index in [4.69, 9.17) is 4.74 Å². The average Bonchev–Trinajstić information content (AvgIpc) is 3.02. The largest absolute Gasteiger partial charge is 0.467 e. The van der Waals surface area contributed by atoms with E-state index in [0.29, 0.717) is 4.88 Å². The van der Waals surface area contributed by atoms with E-state index in [1.807, 2.05) is 18.4 Å². The van der Waals surface area contributed by atoms with Crippen LogP contribution in [0.2, 0.25) is 0 Å². The van der Waals surface area contributed by atoms with Crippen molar-refractivity contribution >= 4 is 23.2 Å². The second-order valence-electron chi connectivity index (χ2n) is 4.51. The molecule has 1 fully saturated rings. The standard InChI is InChI=1S/C13H17NO4S/c1-3-8-4-5-19-11(8)12(16)14-7-9(15)6-10(14)13(17)18-2/h4-5,9-10,15H,3,6-7H2,1-2H3. The van der Waals surface area contributed by atoms with Crippen LogP contribution >= 0.6 is 11.3 Å². The van der Waals surface area contributed by atoms with Crippen LogP contribution in [0.5, 0.6) is 0 Å². The Bertz CT molecular complexity index is 485. The maximum Gasteiger partial charge on any atom is 0.328 e. The molecule has 1 saturated heterocycles. The lowest BCUT2D eigenvalue weighted by Crippen LogP contribution is -2.41. The number of esters is 1. The number of likely N-dealkylation sites (tertiary alicyclic amines) is 1. The lowest BCUT2D eigenvalue weighted by atomic mass is 10.1. The molecule has 1 aliphatic heterocycles. The third-order valence-electron chi connectivity index (χ3n) is 3.34. The van der Waals surface area contributed by atoms with Gasteiger partial charge in [-0.3, -0.25) is 4.79 Å². The van der Waals surface area contributed by atoms with Gasteiger partial charge in [-0.25, -0.2) is 4.79 Å². The third-order valence-corrected chi connectivity index (χ3v) is 4.28. The molecule has 1 N–H and O–H groups in total. The molecule has 2 unspecified atom stereocenters. The predicted octanol–water partition coefficient (Wildman–Crippen LogP) is 1.06. The number of rotatable bonds is 3.